The van der Waals surface area contributed by atoms with Crippen LogP contribution >= 0.6 is 0 Å². The summed E-state index contributed by atoms with van der Waals surface area (Å²) >= 11 is 0. The van der Waals surface area contributed by atoms with E-state index in [0.29, 0.717) is 24.4 Å². The molecule has 0 aliphatic heterocycles. The highest BCUT2D eigenvalue weighted by Crippen LogP contribution is 2.24. The van der Waals surface area contributed by atoms with Crippen LogP contribution in [0.15, 0.2) is 83.8 Å². The number of sulfonamides is 1. The summed E-state index contributed by atoms with van der Waals surface area (Å²) in [4.78, 5) is 14.7. The number of anilines is 1. The highest BCUT2D eigenvalue weighted by Gasteiger charge is 2.21. The monoisotopic (exact) mass is 438 g/mol. The third kappa shape index (κ3) is 5.06. The van der Waals surface area contributed by atoms with E-state index >= 15 is 0 Å². The van der Waals surface area contributed by atoms with Crippen LogP contribution in [0, 0.1) is 0 Å². The molecule has 0 aromatic heterocycles. The zero-order chi connectivity index (χ0) is 22.4. The molecule has 0 atom stereocenters. The van der Waals surface area contributed by atoms with Crippen molar-refractivity contribution >= 4 is 21.6 Å². The molecule has 0 heterocycles. The summed E-state index contributed by atoms with van der Waals surface area (Å²) in [6.45, 7) is 2.87. The minimum atomic E-state index is -3.67. The second kappa shape index (κ2) is 9.66. The molecule has 0 fully saturated rings. The summed E-state index contributed by atoms with van der Waals surface area (Å²) in [6.07, 6.45) is 0. The van der Waals surface area contributed by atoms with Crippen molar-refractivity contribution in [3.8, 4) is 5.75 Å². The Balaban J connectivity index is 1.74. The number of hydrogen-bond acceptors (Lipinski definition) is 4. The number of carbonyl (C=O) groups is 1. The molecular weight excluding hydrogens is 412 g/mol. The molecule has 0 N–H and O–H groups in total. The van der Waals surface area contributed by atoms with Gasteiger partial charge in [-0.2, -0.15) is 0 Å². The second-order valence-electron chi connectivity index (χ2n) is 7.03. The normalized spacial score (nSPS) is 11.1. The van der Waals surface area contributed by atoms with Crippen LogP contribution < -0.4 is 9.04 Å². The van der Waals surface area contributed by atoms with Crippen LogP contribution in [-0.2, 0) is 16.6 Å². The predicted octanol–water partition coefficient (Wildman–Crippen LogP) is 4.18. The maximum absolute atomic E-state index is 12.9. The smallest absolute Gasteiger partial charge is 0.264 e. The molecule has 0 radical (unpaired) electrons. The van der Waals surface area contributed by atoms with Gasteiger partial charge in [0, 0.05) is 31.8 Å². The lowest BCUT2D eigenvalue weighted by Crippen LogP contribution is -2.27. The lowest BCUT2D eigenvalue weighted by Gasteiger charge is -2.21. The Morgan fingerprint density at radius 1 is 0.871 bits per heavy atom. The summed E-state index contributed by atoms with van der Waals surface area (Å²) in [6, 6.07) is 22.4. The Morgan fingerprint density at radius 3 is 2.13 bits per heavy atom. The van der Waals surface area contributed by atoms with Crippen molar-refractivity contribution in [1.29, 1.82) is 0 Å². The Hall–Kier alpha value is -3.32. The third-order valence-corrected chi connectivity index (χ3v) is 6.71. The fraction of sp³-hybridized carbons (Fsp3) is 0.208. The quantitative estimate of drug-likeness (QED) is 0.529. The topological polar surface area (TPSA) is 66.9 Å². The summed E-state index contributed by atoms with van der Waals surface area (Å²) < 4.78 is 32.4. The van der Waals surface area contributed by atoms with E-state index in [-0.39, 0.29) is 10.8 Å². The van der Waals surface area contributed by atoms with Crippen molar-refractivity contribution in [2.45, 2.75) is 18.4 Å². The minimum absolute atomic E-state index is 0.161. The molecule has 3 aromatic carbocycles. The average molecular weight is 439 g/mol. The van der Waals surface area contributed by atoms with Gasteiger partial charge < -0.3 is 9.64 Å². The number of para-hydroxylation sites is 1. The van der Waals surface area contributed by atoms with Gasteiger partial charge in [-0.25, -0.2) is 8.42 Å². The van der Waals surface area contributed by atoms with E-state index < -0.39 is 10.0 Å². The maximum atomic E-state index is 12.9. The zero-order valence-electron chi connectivity index (χ0n) is 17.9. The number of amides is 1. The minimum Gasteiger partial charge on any atom is -0.494 e. The third-order valence-electron chi connectivity index (χ3n) is 4.91. The van der Waals surface area contributed by atoms with Gasteiger partial charge in [-0.05, 0) is 49.4 Å². The molecule has 0 saturated carbocycles. The molecule has 0 bridgehead atoms. The zero-order valence-corrected chi connectivity index (χ0v) is 18.7. The first-order valence-corrected chi connectivity index (χ1v) is 11.4. The van der Waals surface area contributed by atoms with Crippen molar-refractivity contribution in [1.82, 2.24) is 4.90 Å². The Labute approximate surface area is 183 Å². The fourth-order valence-corrected chi connectivity index (χ4v) is 4.40. The molecule has 3 rings (SSSR count). The molecular formula is C24H26N2O4S. The van der Waals surface area contributed by atoms with E-state index in [9.17, 15) is 13.2 Å². The lowest BCUT2D eigenvalue weighted by molar-refractivity contribution is 0.0784. The SMILES string of the molecule is CCOc1ccccc1CN(C)C(=O)c1ccc(N(C)S(=O)(=O)c2ccccc2)cc1. The van der Waals surface area contributed by atoms with E-state index in [4.69, 9.17) is 4.74 Å². The predicted molar refractivity (Wildman–Crippen MR) is 122 cm³/mol. The molecule has 7 heteroatoms. The van der Waals surface area contributed by atoms with Crippen molar-refractivity contribution < 1.29 is 17.9 Å². The standard InChI is InChI=1S/C24H26N2O4S/c1-4-30-23-13-9-8-10-20(23)18-25(2)24(27)19-14-16-21(17-15-19)26(3)31(28,29)22-11-6-5-7-12-22/h5-17H,4,18H2,1-3H3. The van der Waals surface area contributed by atoms with E-state index in [0.717, 1.165) is 11.3 Å². The molecule has 0 unspecified atom stereocenters. The van der Waals surface area contributed by atoms with Gasteiger partial charge in [-0.15, -0.1) is 0 Å². The number of rotatable bonds is 8. The first kappa shape index (κ1) is 22.4. The first-order valence-electron chi connectivity index (χ1n) is 9.94. The molecule has 0 aliphatic carbocycles. The highest BCUT2D eigenvalue weighted by molar-refractivity contribution is 7.92. The Morgan fingerprint density at radius 2 is 1.48 bits per heavy atom. The van der Waals surface area contributed by atoms with E-state index in [1.165, 1.54) is 11.4 Å². The Bertz CT molecular complexity index is 1130. The van der Waals surface area contributed by atoms with Gasteiger partial charge in [-0.1, -0.05) is 36.4 Å². The molecule has 0 saturated heterocycles. The molecule has 31 heavy (non-hydrogen) atoms. The van der Waals surface area contributed by atoms with Gasteiger partial charge in [0.2, 0.25) is 0 Å². The molecule has 162 valence electrons. The number of ether oxygens (including phenoxy) is 1. The second-order valence-corrected chi connectivity index (χ2v) is 9.00. The molecule has 1 amide bonds. The van der Waals surface area contributed by atoms with E-state index in [2.05, 4.69) is 0 Å². The van der Waals surface area contributed by atoms with Gasteiger partial charge in [0.25, 0.3) is 15.9 Å². The van der Waals surface area contributed by atoms with Crippen LogP contribution in [0.4, 0.5) is 5.69 Å². The first-order chi connectivity index (χ1) is 14.8. The summed E-state index contributed by atoms with van der Waals surface area (Å²) in [5.41, 5.74) is 1.88. The molecule has 0 aliphatic rings. The fourth-order valence-electron chi connectivity index (χ4n) is 3.18. The van der Waals surface area contributed by atoms with Gasteiger partial charge >= 0.3 is 0 Å². The van der Waals surface area contributed by atoms with Crippen LogP contribution in [0.3, 0.4) is 0 Å². The number of carbonyl (C=O) groups excluding carboxylic acids is 1. The van der Waals surface area contributed by atoms with Crippen molar-refractivity contribution in [2.75, 3.05) is 25.0 Å². The molecule has 0 spiro atoms. The molecule has 3 aromatic rings. The van der Waals surface area contributed by atoms with Gasteiger partial charge in [0.1, 0.15) is 5.75 Å². The van der Waals surface area contributed by atoms with Gasteiger partial charge in [0.05, 0.1) is 17.2 Å². The van der Waals surface area contributed by atoms with Gasteiger partial charge in [-0.3, -0.25) is 9.10 Å². The molecule has 6 nitrogen and oxygen atoms in total. The largest absolute Gasteiger partial charge is 0.494 e. The summed E-state index contributed by atoms with van der Waals surface area (Å²) in [5, 5.41) is 0. The van der Waals surface area contributed by atoms with Crippen LogP contribution in [0.5, 0.6) is 5.75 Å². The Kier molecular flexibility index (Phi) is 6.97. The van der Waals surface area contributed by atoms with Crippen LogP contribution in [0.25, 0.3) is 0 Å². The van der Waals surface area contributed by atoms with Crippen molar-refractivity contribution in [3.63, 3.8) is 0 Å². The lowest BCUT2D eigenvalue weighted by atomic mass is 10.1. The number of hydrogen-bond donors (Lipinski definition) is 0. The number of nitrogens with zero attached hydrogens (tertiary/aromatic N) is 2. The van der Waals surface area contributed by atoms with E-state index in [1.54, 1.807) is 66.5 Å². The maximum Gasteiger partial charge on any atom is 0.264 e. The average Bonchev–Trinajstić information content (AvgIpc) is 2.80. The van der Waals surface area contributed by atoms with Crippen molar-refractivity contribution in [3.05, 3.63) is 90.0 Å². The summed E-state index contributed by atoms with van der Waals surface area (Å²) in [5.74, 6) is 0.596. The van der Waals surface area contributed by atoms with Crippen LogP contribution in [-0.4, -0.2) is 39.9 Å². The summed E-state index contributed by atoms with van der Waals surface area (Å²) in [7, 11) is -0.445. The van der Waals surface area contributed by atoms with Gasteiger partial charge in [0.15, 0.2) is 0 Å². The van der Waals surface area contributed by atoms with E-state index in [1.807, 2.05) is 31.2 Å². The van der Waals surface area contributed by atoms with Crippen molar-refractivity contribution in [2.24, 2.45) is 0 Å². The number of benzene rings is 3. The highest BCUT2D eigenvalue weighted by atomic mass is 32.2. The van der Waals surface area contributed by atoms with Crippen LogP contribution in [0.1, 0.15) is 22.8 Å². The van der Waals surface area contributed by atoms with Crippen LogP contribution in [0.2, 0.25) is 0 Å².